The number of hydrogen-bond acceptors (Lipinski definition) is 2. The lowest BCUT2D eigenvalue weighted by Crippen LogP contribution is -2.20. The van der Waals surface area contributed by atoms with Gasteiger partial charge in [0, 0.05) is 18.0 Å². The van der Waals surface area contributed by atoms with Gasteiger partial charge in [-0.1, -0.05) is 30.3 Å². The number of hydrogen-bond donors (Lipinski definition) is 1. The van der Waals surface area contributed by atoms with Gasteiger partial charge in [0.2, 0.25) is 0 Å². The first-order valence-electron chi connectivity index (χ1n) is 7.39. The minimum atomic E-state index is -0.184. The molecule has 0 spiro atoms. The molecular formula is C18H20FNO. The third-order valence-electron chi connectivity index (χ3n) is 4.16. The van der Waals surface area contributed by atoms with Crippen LogP contribution in [0.25, 0.3) is 0 Å². The summed E-state index contributed by atoms with van der Waals surface area (Å²) in [5.41, 5.74) is 2.47. The summed E-state index contributed by atoms with van der Waals surface area (Å²) in [6.45, 7) is 1.62. The van der Waals surface area contributed by atoms with Crippen molar-refractivity contribution < 1.29 is 9.13 Å². The Bertz CT molecular complexity index is 596. The fourth-order valence-corrected chi connectivity index (χ4v) is 3.09. The molecular weight excluding hydrogens is 265 g/mol. The van der Waals surface area contributed by atoms with Gasteiger partial charge in [0.05, 0.1) is 6.61 Å². The topological polar surface area (TPSA) is 21.3 Å². The molecule has 2 aromatic rings. The molecule has 1 aliphatic heterocycles. The molecule has 1 heterocycles. The van der Waals surface area contributed by atoms with Gasteiger partial charge < -0.3 is 10.1 Å². The molecule has 0 radical (unpaired) electrons. The fraction of sp³-hybridized carbons (Fsp3) is 0.333. The molecule has 0 saturated carbocycles. The van der Waals surface area contributed by atoms with Gasteiger partial charge in [-0.3, -0.25) is 0 Å². The summed E-state index contributed by atoms with van der Waals surface area (Å²) in [5, 5.41) is 3.24. The van der Waals surface area contributed by atoms with E-state index in [0.717, 1.165) is 25.3 Å². The number of rotatable bonds is 5. The monoisotopic (exact) mass is 285 g/mol. The molecule has 3 heteroatoms. The van der Waals surface area contributed by atoms with Crippen molar-refractivity contribution in [3.63, 3.8) is 0 Å². The molecule has 0 saturated heterocycles. The van der Waals surface area contributed by atoms with Gasteiger partial charge in [0.25, 0.3) is 0 Å². The first kappa shape index (κ1) is 14.1. The first-order valence-corrected chi connectivity index (χ1v) is 7.39. The minimum Gasteiger partial charge on any atom is -0.493 e. The summed E-state index contributed by atoms with van der Waals surface area (Å²) in [4.78, 5) is 0. The first-order chi connectivity index (χ1) is 10.3. The zero-order valence-electron chi connectivity index (χ0n) is 12.2. The number of ether oxygens (including phenoxy) is 1. The van der Waals surface area contributed by atoms with Crippen LogP contribution in [0.2, 0.25) is 0 Å². The number of likely N-dealkylation sites (N-methyl/N-ethyl adjacent to an activating group) is 1. The maximum atomic E-state index is 13.1. The van der Waals surface area contributed by atoms with Crippen LogP contribution in [-0.2, 0) is 0 Å². The van der Waals surface area contributed by atoms with E-state index >= 15 is 0 Å². The van der Waals surface area contributed by atoms with E-state index in [0.29, 0.717) is 11.8 Å². The van der Waals surface area contributed by atoms with Gasteiger partial charge in [0.15, 0.2) is 0 Å². The fourth-order valence-electron chi connectivity index (χ4n) is 3.09. The van der Waals surface area contributed by atoms with Crippen LogP contribution in [-0.4, -0.2) is 20.2 Å². The molecule has 0 bridgehead atoms. The highest BCUT2D eigenvalue weighted by atomic mass is 19.1. The van der Waals surface area contributed by atoms with Gasteiger partial charge in [-0.25, -0.2) is 4.39 Å². The summed E-state index contributed by atoms with van der Waals surface area (Å²) in [6, 6.07) is 15.1. The predicted octanol–water partition coefficient (Wildman–Crippen LogP) is 3.70. The third-order valence-corrected chi connectivity index (χ3v) is 4.16. The Morgan fingerprint density at radius 1 is 1.19 bits per heavy atom. The van der Waals surface area contributed by atoms with E-state index < -0.39 is 0 Å². The summed E-state index contributed by atoms with van der Waals surface area (Å²) < 4.78 is 18.9. The van der Waals surface area contributed by atoms with Crippen molar-refractivity contribution in [3.05, 3.63) is 65.5 Å². The molecule has 1 aliphatic rings. The Balaban J connectivity index is 1.79. The lowest BCUT2D eigenvalue weighted by molar-refractivity contribution is 0.317. The summed E-state index contributed by atoms with van der Waals surface area (Å²) in [5.74, 6) is 1.58. The molecule has 0 amide bonds. The van der Waals surface area contributed by atoms with Crippen LogP contribution in [0.15, 0.2) is 48.5 Å². The number of para-hydroxylation sites is 1. The average molecular weight is 285 g/mol. The number of halogens is 1. The number of benzene rings is 2. The zero-order valence-corrected chi connectivity index (χ0v) is 12.2. The molecule has 0 fully saturated rings. The van der Waals surface area contributed by atoms with E-state index in [-0.39, 0.29) is 5.82 Å². The summed E-state index contributed by atoms with van der Waals surface area (Å²) in [7, 11) is 1.95. The molecule has 0 aliphatic carbocycles. The van der Waals surface area contributed by atoms with Crippen molar-refractivity contribution in [2.24, 2.45) is 0 Å². The molecule has 2 atom stereocenters. The van der Waals surface area contributed by atoms with Gasteiger partial charge in [-0.15, -0.1) is 0 Å². The highest BCUT2D eigenvalue weighted by molar-refractivity contribution is 5.40. The van der Waals surface area contributed by atoms with E-state index in [1.165, 1.54) is 23.3 Å². The van der Waals surface area contributed by atoms with Crippen LogP contribution >= 0.6 is 0 Å². The quantitative estimate of drug-likeness (QED) is 0.904. The van der Waals surface area contributed by atoms with Crippen molar-refractivity contribution in [3.8, 4) is 5.75 Å². The van der Waals surface area contributed by atoms with Crippen LogP contribution in [0, 0.1) is 5.82 Å². The molecule has 2 unspecified atom stereocenters. The van der Waals surface area contributed by atoms with E-state index in [2.05, 4.69) is 17.4 Å². The maximum Gasteiger partial charge on any atom is 0.123 e. The summed E-state index contributed by atoms with van der Waals surface area (Å²) in [6.07, 6.45) is 1.00. The van der Waals surface area contributed by atoms with Crippen molar-refractivity contribution in [2.45, 2.75) is 18.3 Å². The second-order valence-corrected chi connectivity index (χ2v) is 5.59. The van der Waals surface area contributed by atoms with E-state index in [4.69, 9.17) is 4.74 Å². The van der Waals surface area contributed by atoms with Gasteiger partial charge in [-0.2, -0.15) is 0 Å². The molecule has 21 heavy (non-hydrogen) atoms. The van der Waals surface area contributed by atoms with Crippen molar-refractivity contribution in [1.82, 2.24) is 5.32 Å². The second-order valence-electron chi connectivity index (χ2n) is 5.59. The second kappa shape index (κ2) is 6.27. The maximum absolute atomic E-state index is 13.1. The van der Waals surface area contributed by atoms with Crippen molar-refractivity contribution in [1.29, 1.82) is 0 Å². The minimum absolute atomic E-state index is 0.184. The van der Waals surface area contributed by atoms with Crippen molar-refractivity contribution >= 4 is 0 Å². The van der Waals surface area contributed by atoms with Crippen LogP contribution in [0.1, 0.15) is 29.4 Å². The lowest BCUT2D eigenvalue weighted by atomic mass is 9.86. The van der Waals surface area contributed by atoms with Crippen LogP contribution in [0.4, 0.5) is 4.39 Å². The van der Waals surface area contributed by atoms with E-state index in [9.17, 15) is 4.39 Å². The standard InChI is InChI=1S/C18H20FNO/c1-20-11-14(13-6-8-16(19)9-7-13)10-15-12-21-18-5-3-2-4-17(15)18/h2-9,14-15,20H,10-12H2,1H3. The molecule has 2 aromatic carbocycles. The molecule has 0 aromatic heterocycles. The predicted molar refractivity (Wildman–Crippen MR) is 82.4 cm³/mol. The van der Waals surface area contributed by atoms with Crippen LogP contribution < -0.4 is 10.1 Å². The zero-order chi connectivity index (χ0) is 14.7. The lowest BCUT2D eigenvalue weighted by Gasteiger charge is -2.20. The Morgan fingerprint density at radius 2 is 1.95 bits per heavy atom. The molecule has 3 rings (SSSR count). The largest absolute Gasteiger partial charge is 0.493 e. The van der Waals surface area contributed by atoms with Gasteiger partial charge in [-0.05, 0) is 43.1 Å². The van der Waals surface area contributed by atoms with Crippen LogP contribution in [0.5, 0.6) is 5.75 Å². The molecule has 110 valence electrons. The summed E-state index contributed by atoms with van der Waals surface area (Å²) >= 11 is 0. The Morgan fingerprint density at radius 3 is 2.71 bits per heavy atom. The number of nitrogens with one attached hydrogen (secondary N) is 1. The Kier molecular flexibility index (Phi) is 4.20. The Labute approximate surface area is 125 Å². The molecule has 2 nitrogen and oxygen atoms in total. The Hall–Kier alpha value is -1.87. The smallest absolute Gasteiger partial charge is 0.123 e. The molecule has 1 N–H and O–H groups in total. The highest BCUT2D eigenvalue weighted by Gasteiger charge is 2.27. The van der Waals surface area contributed by atoms with Crippen LogP contribution in [0.3, 0.4) is 0 Å². The van der Waals surface area contributed by atoms with Gasteiger partial charge in [0.1, 0.15) is 11.6 Å². The van der Waals surface area contributed by atoms with Gasteiger partial charge >= 0.3 is 0 Å². The SMILES string of the molecule is CNCC(CC1COc2ccccc21)c1ccc(F)cc1. The van der Waals surface area contributed by atoms with E-state index in [1.54, 1.807) is 0 Å². The van der Waals surface area contributed by atoms with Crippen molar-refractivity contribution in [2.75, 3.05) is 20.2 Å². The number of fused-ring (bicyclic) bond motifs is 1. The highest BCUT2D eigenvalue weighted by Crippen LogP contribution is 2.39. The third kappa shape index (κ3) is 3.08. The van der Waals surface area contributed by atoms with E-state index in [1.807, 2.05) is 31.3 Å². The normalized spacial score (nSPS) is 18.1. The average Bonchev–Trinajstić information content (AvgIpc) is 2.91.